The Labute approximate surface area is 163 Å². The van der Waals surface area contributed by atoms with Gasteiger partial charge in [0.1, 0.15) is 5.03 Å². The van der Waals surface area contributed by atoms with Crippen LogP contribution in [0.5, 0.6) is 0 Å². The zero-order chi connectivity index (χ0) is 19.1. The van der Waals surface area contributed by atoms with Crippen molar-refractivity contribution in [2.45, 2.75) is 37.6 Å². The first-order valence-electron chi connectivity index (χ1n) is 9.24. The fourth-order valence-electron chi connectivity index (χ4n) is 2.90. The van der Waals surface area contributed by atoms with Crippen molar-refractivity contribution >= 4 is 29.4 Å². The predicted molar refractivity (Wildman–Crippen MR) is 107 cm³/mol. The van der Waals surface area contributed by atoms with Crippen LogP contribution < -0.4 is 5.32 Å². The molecule has 1 saturated heterocycles. The highest BCUT2D eigenvalue weighted by Crippen LogP contribution is 2.18. The van der Waals surface area contributed by atoms with Gasteiger partial charge in [0.15, 0.2) is 5.82 Å². The van der Waals surface area contributed by atoms with Gasteiger partial charge in [-0.15, -0.1) is 10.2 Å². The maximum atomic E-state index is 12.3. The van der Waals surface area contributed by atoms with E-state index in [1.807, 2.05) is 24.0 Å². The van der Waals surface area contributed by atoms with Gasteiger partial charge < -0.3 is 10.2 Å². The van der Waals surface area contributed by atoms with E-state index >= 15 is 0 Å². The van der Waals surface area contributed by atoms with E-state index in [1.54, 1.807) is 24.3 Å². The summed E-state index contributed by atoms with van der Waals surface area (Å²) in [5, 5.41) is 11.5. The molecule has 0 bridgehead atoms. The van der Waals surface area contributed by atoms with Crippen molar-refractivity contribution < 1.29 is 9.59 Å². The highest BCUT2D eigenvalue weighted by atomic mass is 32.2. The first-order chi connectivity index (χ1) is 13.1. The number of nitrogens with one attached hydrogen (secondary N) is 1. The molecule has 0 spiro atoms. The number of likely N-dealkylation sites (tertiary alicyclic amines) is 1. The Hall–Kier alpha value is -2.41. The molecule has 2 aromatic rings. The van der Waals surface area contributed by atoms with Crippen LogP contribution in [0.1, 0.15) is 41.6 Å². The third-order valence-corrected chi connectivity index (χ3v) is 5.40. The van der Waals surface area contributed by atoms with E-state index in [2.05, 4.69) is 15.5 Å². The van der Waals surface area contributed by atoms with Gasteiger partial charge in [-0.2, -0.15) is 0 Å². The van der Waals surface area contributed by atoms with Crippen molar-refractivity contribution in [3.8, 4) is 0 Å². The summed E-state index contributed by atoms with van der Waals surface area (Å²) in [5.41, 5.74) is 1.67. The number of aromatic nitrogens is 2. The second-order valence-electron chi connectivity index (χ2n) is 6.66. The molecule has 1 aliphatic rings. The number of anilines is 1. The SMILES string of the molecule is Cc1ccc(C(=O)Nc2ccc(SCC(=O)N3CCCCCC3)nn2)cc1. The lowest BCUT2D eigenvalue weighted by Crippen LogP contribution is -2.33. The topological polar surface area (TPSA) is 75.2 Å². The monoisotopic (exact) mass is 384 g/mol. The van der Waals surface area contributed by atoms with Crippen LogP contribution in [0.3, 0.4) is 0 Å². The van der Waals surface area contributed by atoms with Crippen molar-refractivity contribution in [2.75, 3.05) is 24.2 Å². The lowest BCUT2D eigenvalue weighted by molar-refractivity contribution is -0.128. The Bertz CT molecular complexity index is 770. The van der Waals surface area contributed by atoms with Gasteiger partial charge in [0.25, 0.3) is 5.91 Å². The van der Waals surface area contributed by atoms with Crippen molar-refractivity contribution in [3.05, 3.63) is 47.5 Å². The zero-order valence-corrected chi connectivity index (χ0v) is 16.3. The molecule has 142 valence electrons. The molecule has 6 nitrogen and oxygen atoms in total. The summed E-state index contributed by atoms with van der Waals surface area (Å²) in [5.74, 6) is 0.689. The van der Waals surface area contributed by atoms with Gasteiger partial charge >= 0.3 is 0 Å². The van der Waals surface area contributed by atoms with Crippen LogP contribution in [-0.4, -0.2) is 45.8 Å². The van der Waals surface area contributed by atoms with Crippen molar-refractivity contribution in [1.29, 1.82) is 0 Å². The van der Waals surface area contributed by atoms with E-state index in [4.69, 9.17) is 0 Å². The van der Waals surface area contributed by atoms with Gasteiger partial charge in [0.2, 0.25) is 5.91 Å². The van der Waals surface area contributed by atoms with Gasteiger partial charge in [-0.25, -0.2) is 0 Å². The number of nitrogens with zero attached hydrogens (tertiary/aromatic N) is 3. The fraction of sp³-hybridized carbons (Fsp3) is 0.400. The van der Waals surface area contributed by atoms with Crippen LogP contribution in [-0.2, 0) is 4.79 Å². The first kappa shape index (κ1) is 19.4. The maximum Gasteiger partial charge on any atom is 0.256 e. The Balaban J connectivity index is 1.50. The third-order valence-electron chi connectivity index (χ3n) is 4.50. The van der Waals surface area contributed by atoms with E-state index in [9.17, 15) is 9.59 Å². The van der Waals surface area contributed by atoms with E-state index in [0.717, 1.165) is 31.5 Å². The Morgan fingerprint density at radius 1 is 1.00 bits per heavy atom. The molecule has 0 radical (unpaired) electrons. The summed E-state index contributed by atoms with van der Waals surface area (Å²) >= 11 is 1.38. The molecule has 27 heavy (non-hydrogen) atoms. The van der Waals surface area contributed by atoms with Gasteiger partial charge in [-0.05, 0) is 44.0 Å². The number of carbonyl (C=O) groups excluding carboxylic acids is 2. The van der Waals surface area contributed by atoms with Crippen LogP contribution in [0.4, 0.5) is 5.82 Å². The molecule has 0 saturated carbocycles. The summed E-state index contributed by atoms with van der Waals surface area (Å²) in [6, 6.07) is 10.8. The summed E-state index contributed by atoms with van der Waals surface area (Å²) in [4.78, 5) is 26.5. The molecule has 7 heteroatoms. The smallest absolute Gasteiger partial charge is 0.256 e. The van der Waals surface area contributed by atoms with E-state index in [1.165, 1.54) is 24.6 Å². The van der Waals surface area contributed by atoms with Crippen LogP contribution in [0.25, 0.3) is 0 Å². The Kier molecular flexibility index (Phi) is 6.81. The van der Waals surface area contributed by atoms with Gasteiger partial charge in [0, 0.05) is 18.7 Å². The lowest BCUT2D eigenvalue weighted by atomic mass is 10.1. The Morgan fingerprint density at radius 3 is 2.33 bits per heavy atom. The van der Waals surface area contributed by atoms with Crippen molar-refractivity contribution in [3.63, 3.8) is 0 Å². The normalized spacial score (nSPS) is 14.5. The second-order valence-corrected chi connectivity index (χ2v) is 7.66. The molecule has 0 aliphatic carbocycles. The number of hydrogen-bond donors (Lipinski definition) is 1. The largest absolute Gasteiger partial charge is 0.342 e. The van der Waals surface area contributed by atoms with Crippen LogP contribution in [0, 0.1) is 6.92 Å². The number of amides is 2. The predicted octanol–water partition coefficient (Wildman–Crippen LogP) is 3.53. The summed E-state index contributed by atoms with van der Waals surface area (Å²) in [6.45, 7) is 3.69. The van der Waals surface area contributed by atoms with Crippen LogP contribution >= 0.6 is 11.8 Å². The summed E-state index contributed by atoms with van der Waals surface area (Å²) < 4.78 is 0. The van der Waals surface area contributed by atoms with Gasteiger partial charge in [-0.3, -0.25) is 9.59 Å². The number of rotatable bonds is 5. The van der Waals surface area contributed by atoms with E-state index in [-0.39, 0.29) is 11.8 Å². The Morgan fingerprint density at radius 2 is 1.70 bits per heavy atom. The van der Waals surface area contributed by atoms with E-state index < -0.39 is 0 Å². The minimum Gasteiger partial charge on any atom is -0.342 e. The quantitative estimate of drug-likeness (QED) is 0.798. The molecule has 1 N–H and O–H groups in total. The molecule has 2 amide bonds. The molecule has 1 aliphatic heterocycles. The highest BCUT2D eigenvalue weighted by Gasteiger charge is 2.16. The molecule has 1 aromatic heterocycles. The number of benzene rings is 1. The average Bonchev–Trinajstić information content (AvgIpc) is 2.97. The number of aryl methyl sites for hydroxylation is 1. The highest BCUT2D eigenvalue weighted by molar-refractivity contribution is 7.99. The number of thioether (sulfide) groups is 1. The second kappa shape index (κ2) is 9.50. The minimum absolute atomic E-state index is 0.153. The summed E-state index contributed by atoms with van der Waals surface area (Å²) in [6.07, 6.45) is 4.59. The number of hydrogen-bond acceptors (Lipinski definition) is 5. The molecule has 1 fully saturated rings. The first-order valence-corrected chi connectivity index (χ1v) is 10.2. The van der Waals surface area contributed by atoms with Crippen molar-refractivity contribution in [2.24, 2.45) is 0 Å². The molecule has 1 aromatic carbocycles. The standard InChI is InChI=1S/C20H24N4O2S/c1-15-6-8-16(9-7-15)20(26)21-17-10-11-18(23-22-17)27-14-19(25)24-12-4-2-3-5-13-24/h6-11H,2-5,12-14H2,1H3,(H,21,22,26). The fourth-order valence-corrected chi connectivity index (χ4v) is 3.62. The van der Waals surface area contributed by atoms with Crippen LogP contribution in [0.2, 0.25) is 0 Å². The van der Waals surface area contributed by atoms with Gasteiger partial charge in [0.05, 0.1) is 5.75 Å². The summed E-state index contributed by atoms with van der Waals surface area (Å²) in [7, 11) is 0. The molecule has 2 heterocycles. The number of carbonyl (C=O) groups is 2. The average molecular weight is 385 g/mol. The van der Waals surface area contributed by atoms with Gasteiger partial charge in [-0.1, -0.05) is 42.3 Å². The zero-order valence-electron chi connectivity index (χ0n) is 15.5. The minimum atomic E-state index is -0.221. The molecular weight excluding hydrogens is 360 g/mol. The third kappa shape index (κ3) is 5.79. The van der Waals surface area contributed by atoms with E-state index in [0.29, 0.717) is 22.2 Å². The molecule has 3 rings (SSSR count). The molecule has 0 unspecified atom stereocenters. The van der Waals surface area contributed by atoms with Crippen molar-refractivity contribution in [1.82, 2.24) is 15.1 Å². The lowest BCUT2D eigenvalue weighted by Gasteiger charge is -2.19. The maximum absolute atomic E-state index is 12.3. The van der Waals surface area contributed by atoms with Crippen LogP contribution in [0.15, 0.2) is 41.4 Å². The molecular formula is C20H24N4O2S. The molecule has 0 atom stereocenters.